The van der Waals surface area contributed by atoms with Crippen molar-refractivity contribution in [1.82, 2.24) is 0 Å². The van der Waals surface area contributed by atoms with Crippen molar-refractivity contribution in [1.29, 1.82) is 0 Å². The molecule has 196 valence electrons. The van der Waals surface area contributed by atoms with Gasteiger partial charge in [0.05, 0.1) is 6.61 Å². The van der Waals surface area contributed by atoms with Crippen LogP contribution in [0.3, 0.4) is 0 Å². The normalized spacial score (nSPS) is 24.2. The van der Waals surface area contributed by atoms with E-state index in [9.17, 15) is 9.90 Å². The van der Waals surface area contributed by atoms with Gasteiger partial charge in [0.1, 0.15) is 24.4 Å². The Balaban J connectivity index is 3.22. The van der Waals surface area contributed by atoms with E-state index in [1.165, 1.54) is 0 Å². The molecule has 0 aromatic carbocycles. The second kappa shape index (κ2) is 10.5. The van der Waals surface area contributed by atoms with Crippen molar-refractivity contribution in [3.8, 4) is 0 Å². The summed E-state index contributed by atoms with van der Waals surface area (Å²) in [5.74, 6) is -0.791. The van der Waals surface area contributed by atoms with Gasteiger partial charge in [0.25, 0.3) is 0 Å². The molecule has 0 amide bonds. The lowest BCUT2D eigenvalue weighted by atomic mass is 9.96. The highest BCUT2D eigenvalue weighted by molar-refractivity contribution is 6.74. The summed E-state index contributed by atoms with van der Waals surface area (Å²) in [7, 11) is -4.35. The molecule has 0 spiro atoms. The van der Waals surface area contributed by atoms with Gasteiger partial charge >= 0.3 is 0 Å². The van der Waals surface area contributed by atoms with Crippen molar-refractivity contribution in [2.45, 2.75) is 142 Å². The highest BCUT2D eigenvalue weighted by Gasteiger charge is 2.51. The number of carbonyl (C=O) groups is 1. The number of aliphatic hydroxyl groups excluding tert-OH is 1. The van der Waals surface area contributed by atoms with Crippen LogP contribution in [0.1, 0.15) is 75.7 Å². The first-order valence-electron chi connectivity index (χ1n) is 12.4. The van der Waals surface area contributed by atoms with Crippen LogP contribution in [0.2, 0.25) is 36.3 Å². The molecular weight excluding hydrogens is 452 g/mol. The van der Waals surface area contributed by atoms with Gasteiger partial charge in [0.15, 0.2) is 28.2 Å². The zero-order valence-electron chi connectivity index (χ0n) is 23.8. The average molecular weight is 505 g/mol. The summed E-state index contributed by atoms with van der Waals surface area (Å²) in [5, 5.41) is 11.5. The van der Waals surface area contributed by atoms with Crippen LogP contribution in [0.25, 0.3) is 0 Å². The minimum Gasteiger partial charge on any atom is -0.414 e. The molecule has 0 aromatic heterocycles. The minimum absolute atomic E-state index is 0.0529. The quantitative estimate of drug-likeness (QED) is 0.374. The Hall–Kier alpha value is -0.0962. The Morgan fingerprint density at radius 2 is 1.45 bits per heavy atom. The molecule has 4 atom stereocenters. The Morgan fingerprint density at radius 1 is 0.970 bits per heavy atom. The number of Topliss-reactive ketones (excluding diaryl/α,β-unsaturated/α-hetero) is 1. The van der Waals surface area contributed by atoms with Crippen molar-refractivity contribution in [2.75, 3.05) is 6.61 Å². The molecule has 1 aliphatic heterocycles. The number of rotatable bonds is 10. The molecule has 0 radical (unpaired) electrons. The first kappa shape index (κ1) is 30.9. The van der Waals surface area contributed by atoms with E-state index in [4.69, 9.17) is 18.3 Å². The van der Waals surface area contributed by atoms with E-state index in [0.29, 0.717) is 13.0 Å². The number of hydrogen-bond acceptors (Lipinski definition) is 6. The second-order valence-corrected chi connectivity index (χ2v) is 23.1. The van der Waals surface area contributed by atoms with Crippen molar-refractivity contribution in [3.05, 3.63) is 0 Å². The van der Waals surface area contributed by atoms with Gasteiger partial charge in [0, 0.05) is 6.42 Å². The van der Waals surface area contributed by atoms with Gasteiger partial charge in [-0.2, -0.15) is 0 Å². The molecule has 1 fully saturated rings. The van der Waals surface area contributed by atoms with Crippen LogP contribution in [0.4, 0.5) is 0 Å². The fraction of sp³-hybridized carbons (Fsp3) is 0.960. The molecule has 1 heterocycles. The Kier molecular flexibility index (Phi) is 9.83. The molecule has 1 rings (SSSR count). The van der Waals surface area contributed by atoms with Gasteiger partial charge in [0.2, 0.25) is 0 Å². The van der Waals surface area contributed by atoms with E-state index in [0.717, 1.165) is 0 Å². The van der Waals surface area contributed by atoms with Gasteiger partial charge < -0.3 is 23.4 Å². The smallest absolute Gasteiger partial charge is 0.193 e. The van der Waals surface area contributed by atoms with E-state index >= 15 is 0 Å². The third kappa shape index (κ3) is 8.22. The summed E-state index contributed by atoms with van der Waals surface area (Å²) in [6.07, 6.45) is -2.94. The van der Waals surface area contributed by atoms with Crippen molar-refractivity contribution >= 4 is 22.4 Å². The lowest BCUT2D eigenvalue weighted by Gasteiger charge is -2.41. The molecule has 1 N–H and O–H groups in total. The molecule has 0 bridgehead atoms. The van der Waals surface area contributed by atoms with Crippen LogP contribution < -0.4 is 0 Å². The molecule has 1 saturated heterocycles. The molecule has 8 heteroatoms. The maximum atomic E-state index is 13.3. The van der Waals surface area contributed by atoms with Crippen LogP contribution in [0.5, 0.6) is 0 Å². The highest BCUT2D eigenvalue weighted by atomic mass is 28.4. The van der Waals surface area contributed by atoms with Crippen LogP contribution in [-0.2, 0) is 23.1 Å². The lowest BCUT2D eigenvalue weighted by molar-refractivity contribution is -0.166. The topological polar surface area (TPSA) is 74.2 Å². The maximum absolute atomic E-state index is 13.3. The summed E-state index contributed by atoms with van der Waals surface area (Å²) < 4.78 is 25.3. The largest absolute Gasteiger partial charge is 0.414 e. The van der Waals surface area contributed by atoms with Crippen LogP contribution in [-0.4, -0.2) is 64.3 Å². The molecule has 0 unspecified atom stereocenters. The van der Waals surface area contributed by atoms with Gasteiger partial charge in [-0.15, -0.1) is 0 Å². The van der Waals surface area contributed by atoms with E-state index in [-0.39, 0.29) is 21.8 Å². The highest BCUT2D eigenvalue weighted by Crippen LogP contribution is 2.41. The molecular formula is C25H52O6Si2. The number of ketones is 1. The molecule has 1 aliphatic rings. The fourth-order valence-electron chi connectivity index (χ4n) is 3.30. The standard InChI is InChI=1S/C25H52O6Si2/c1-17(2)15-18(26)21(31-33(13,14)24(6,7)8)20(27)22-19(29-25(9,10)30-22)16-28-32(11,12)23(3,4)5/h17,19-22,27H,15-16H2,1-14H3/t19-,20-,21-,22-/m1/s1. The van der Waals surface area contributed by atoms with Gasteiger partial charge in [-0.1, -0.05) is 55.4 Å². The van der Waals surface area contributed by atoms with E-state index in [1.54, 1.807) is 0 Å². The van der Waals surface area contributed by atoms with Crippen molar-refractivity contribution in [2.24, 2.45) is 5.92 Å². The van der Waals surface area contributed by atoms with E-state index < -0.39 is 46.8 Å². The summed E-state index contributed by atoms with van der Waals surface area (Å²) in [4.78, 5) is 13.3. The molecule has 0 aromatic rings. The number of aliphatic hydroxyl groups is 1. The molecule has 33 heavy (non-hydrogen) atoms. The predicted octanol–water partition coefficient (Wildman–Crippen LogP) is 5.89. The molecule has 0 aliphatic carbocycles. The summed E-state index contributed by atoms with van der Waals surface area (Å²) >= 11 is 0. The average Bonchev–Trinajstić information content (AvgIpc) is 2.89. The van der Waals surface area contributed by atoms with Crippen molar-refractivity contribution in [3.63, 3.8) is 0 Å². The van der Waals surface area contributed by atoms with Crippen LogP contribution in [0.15, 0.2) is 0 Å². The minimum atomic E-state index is -2.33. The zero-order valence-corrected chi connectivity index (χ0v) is 25.8. The van der Waals surface area contributed by atoms with Gasteiger partial charge in [-0.05, 0) is 56.0 Å². The van der Waals surface area contributed by atoms with Crippen molar-refractivity contribution < 1.29 is 28.2 Å². The second-order valence-electron chi connectivity index (χ2n) is 13.6. The summed E-state index contributed by atoms with van der Waals surface area (Å²) in [6, 6.07) is 0. The lowest BCUT2D eigenvalue weighted by Crippen LogP contribution is -2.55. The Bertz CT molecular complexity index is 661. The number of hydrogen-bond donors (Lipinski definition) is 1. The van der Waals surface area contributed by atoms with E-state index in [1.807, 2.05) is 27.7 Å². The summed E-state index contributed by atoms with van der Waals surface area (Å²) in [6.45, 7) is 29.5. The number of carbonyl (C=O) groups excluding carboxylic acids is 1. The Morgan fingerprint density at radius 3 is 1.88 bits per heavy atom. The van der Waals surface area contributed by atoms with Crippen LogP contribution >= 0.6 is 0 Å². The Labute approximate surface area is 205 Å². The van der Waals surface area contributed by atoms with E-state index in [2.05, 4.69) is 67.7 Å². The SMILES string of the molecule is CC(C)CC(=O)[C@@H](O[Si](C)(C)C(C)(C)C)[C@@H](O)[C@@H]1OC(C)(C)O[C@@H]1CO[Si](C)(C)C(C)(C)C. The number of ether oxygens (including phenoxy) is 2. The zero-order chi connectivity index (χ0) is 26.2. The third-order valence-corrected chi connectivity index (χ3v) is 16.4. The predicted molar refractivity (Wildman–Crippen MR) is 140 cm³/mol. The van der Waals surface area contributed by atoms with Gasteiger partial charge in [-0.3, -0.25) is 4.79 Å². The maximum Gasteiger partial charge on any atom is 0.193 e. The third-order valence-electron chi connectivity index (χ3n) is 7.44. The molecule has 6 nitrogen and oxygen atoms in total. The molecule has 0 saturated carbocycles. The monoisotopic (exact) mass is 504 g/mol. The van der Waals surface area contributed by atoms with Gasteiger partial charge in [-0.25, -0.2) is 0 Å². The van der Waals surface area contributed by atoms with Crippen LogP contribution in [0, 0.1) is 5.92 Å². The fourth-order valence-corrected chi connectivity index (χ4v) is 5.57. The summed E-state index contributed by atoms with van der Waals surface area (Å²) in [5.41, 5.74) is 0. The first-order chi connectivity index (χ1) is 14.5. The first-order valence-corrected chi connectivity index (χ1v) is 18.2.